The maximum Gasteiger partial charge on any atom is 0.137 e. The van der Waals surface area contributed by atoms with Gasteiger partial charge in [0.15, 0.2) is 0 Å². The van der Waals surface area contributed by atoms with E-state index in [1.54, 1.807) is 24.3 Å². The zero-order valence-corrected chi connectivity index (χ0v) is 11.5. The minimum absolute atomic E-state index is 0.363. The highest BCUT2D eigenvalue weighted by Crippen LogP contribution is 2.23. The highest BCUT2D eigenvalue weighted by Gasteiger charge is 2.04. The van der Waals surface area contributed by atoms with E-state index in [1.807, 2.05) is 18.2 Å². The molecule has 2 aromatic rings. The fourth-order valence-electron chi connectivity index (χ4n) is 1.55. The van der Waals surface area contributed by atoms with Crippen LogP contribution in [-0.4, -0.2) is 0 Å². The van der Waals surface area contributed by atoms with Crippen molar-refractivity contribution in [3.05, 3.63) is 63.6 Å². The van der Waals surface area contributed by atoms with Crippen molar-refractivity contribution in [2.75, 3.05) is 0 Å². The zero-order chi connectivity index (χ0) is 13.7. The standard InChI is InChI=1S/C15H9BrN2O/c16-14-5-6-15(13(7-14)9-18)19-10-12-3-1-11(8-17)2-4-12/h1-7H,10H2. The third-order valence-corrected chi connectivity index (χ3v) is 3.03. The molecule has 0 heterocycles. The highest BCUT2D eigenvalue weighted by atomic mass is 79.9. The summed E-state index contributed by atoms with van der Waals surface area (Å²) in [6.45, 7) is 0.363. The number of halogens is 1. The normalized spacial score (nSPS) is 9.42. The van der Waals surface area contributed by atoms with E-state index in [1.165, 1.54) is 0 Å². The Balaban J connectivity index is 2.10. The van der Waals surface area contributed by atoms with Crippen LogP contribution in [0, 0.1) is 22.7 Å². The number of rotatable bonds is 3. The first-order valence-corrected chi connectivity index (χ1v) is 6.33. The van der Waals surface area contributed by atoms with E-state index in [0.29, 0.717) is 23.5 Å². The molecule has 3 nitrogen and oxygen atoms in total. The van der Waals surface area contributed by atoms with Gasteiger partial charge in [-0.05, 0) is 35.9 Å². The summed E-state index contributed by atoms with van der Waals surface area (Å²) in [5.74, 6) is 0.551. The molecule has 0 spiro atoms. The summed E-state index contributed by atoms with van der Waals surface area (Å²) in [7, 11) is 0. The van der Waals surface area contributed by atoms with E-state index in [-0.39, 0.29) is 0 Å². The Bertz CT molecular complexity index is 666. The largest absolute Gasteiger partial charge is 0.488 e. The van der Waals surface area contributed by atoms with Crippen molar-refractivity contribution in [1.82, 2.24) is 0 Å². The summed E-state index contributed by atoms with van der Waals surface area (Å²) in [6.07, 6.45) is 0. The molecule has 0 amide bonds. The number of nitrogens with zero attached hydrogens (tertiary/aromatic N) is 2. The van der Waals surface area contributed by atoms with Crippen molar-refractivity contribution >= 4 is 15.9 Å². The minimum Gasteiger partial charge on any atom is -0.488 e. The Labute approximate surface area is 119 Å². The molecule has 2 rings (SSSR count). The van der Waals surface area contributed by atoms with Crippen LogP contribution >= 0.6 is 15.9 Å². The molecule has 19 heavy (non-hydrogen) atoms. The average molecular weight is 313 g/mol. The molecule has 4 heteroatoms. The van der Waals surface area contributed by atoms with Gasteiger partial charge in [0.2, 0.25) is 0 Å². The van der Waals surface area contributed by atoms with E-state index < -0.39 is 0 Å². The van der Waals surface area contributed by atoms with Crippen molar-refractivity contribution in [3.63, 3.8) is 0 Å². The molecule has 0 bridgehead atoms. The molecule has 0 radical (unpaired) electrons. The van der Waals surface area contributed by atoms with Crippen LogP contribution in [0.1, 0.15) is 16.7 Å². The Kier molecular flexibility index (Phi) is 4.18. The molecule has 0 N–H and O–H groups in total. The third kappa shape index (κ3) is 3.34. The van der Waals surface area contributed by atoms with Crippen molar-refractivity contribution in [2.24, 2.45) is 0 Å². The van der Waals surface area contributed by atoms with E-state index >= 15 is 0 Å². The lowest BCUT2D eigenvalue weighted by atomic mass is 10.1. The van der Waals surface area contributed by atoms with Gasteiger partial charge in [-0.25, -0.2) is 0 Å². The predicted octanol–water partition coefficient (Wildman–Crippen LogP) is 3.77. The quantitative estimate of drug-likeness (QED) is 0.866. The van der Waals surface area contributed by atoms with E-state index in [9.17, 15) is 0 Å². The third-order valence-electron chi connectivity index (χ3n) is 2.54. The van der Waals surface area contributed by atoms with E-state index in [2.05, 4.69) is 28.1 Å². The molecule has 0 saturated carbocycles. The molecule has 0 saturated heterocycles. The Hall–Kier alpha value is -2.30. The Morgan fingerprint density at radius 1 is 1.00 bits per heavy atom. The maximum atomic E-state index is 9.02. The molecule has 0 aliphatic heterocycles. The van der Waals surface area contributed by atoms with E-state index in [0.717, 1.165) is 10.0 Å². The predicted molar refractivity (Wildman–Crippen MR) is 74.3 cm³/mol. The molecule has 92 valence electrons. The second kappa shape index (κ2) is 6.04. The molecule has 0 aromatic heterocycles. The molecule has 0 atom stereocenters. The average Bonchev–Trinajstić information content (AvgIpc) is 2.46. The summed E-state index contributed by atoms with van der Waals surface area (Å²) in [6, 6.07) is 16.6. The molecular formula is C15H9BrN2O. The summed E-state index contributed by atoms with van der Waals surface area (Å²) in [4.78, 5) is 0. The topological polar surface area (TPSA) is 56.8 Å². The zero-order valence-electron chi connectivity index (χ0n) is 9.93. The van der Waals surface area contributed by atoms with Crippen LogP contribution < -0.4 is 4.74 Å². The lowest BCUT2D eigenvalue weighted by Gasteiger charge is -2.08. The van der Waals surface area contributed by atoms with Crippen LogP contribution in [0.15, 0.2) is 46.9 Å². The van der Waals surface area contributed by atoms with Gasteiger partial charge in [-0.15, -0.1) is 0 Å². The van der Waals surface area contributed by atoms with Crippen LogP contribution in [0.3, 0.4) is 0 Å². The number of hydrogen-bond donors (Lipinski definition) is 0. The van der Waals surface area contributed by atoms with Crippen molar-refractivity contribution in [1.29, 1.82) is 10.5 Å². The number of benzene rings is 2. The lowest BCUT2D eigenvalue weighted by molar-refractivity contribution is 0.305. The van der Waals surface area contributed by atoms with Crippen molar-refractivity contribution in [2.45, 2.75) is 6.61 Å². The first-order valence-electron chi connectivity index (χ1n) is 5.54. The number of nitriles is 2. The van der Waals surface area contributed by atoms with Gasteiger partial charge in [-0.1, -0.05) is 28.1 Å². The molecule has 0 unspecified atom stereocenters. The Morgan fingerprint density at radius 2 is 1.74 bits per heavy atom. The fourth-order valence-corrected chi connectivity index (χ4v) is 1.91. The second-order valence-electron chi connectivity index (χ2n) is 3.85. The van der Waals surface area contributed by atoms with Crippen LogP contribution in [-0.2, 0) is 6.61 Å². The highest BCUT2D eigenvalue weighted by molar-refractivity contribution is 9.10. The van der Waals surface area contributed by atoms with Gasteiger partial charge in [-0.3, -0.25) is 0 Å². The first-order chi connectivity index (χ1) is 9.22. The van der Waals surface area contributed by atoms with Gasteiger partial charge in [0.1, 0.15) is 18.4 Å². The molecule has 0 fully saturated rings. The van der Waals surface area contributed by atoms with Gasteiger partial charge < -0.3 is 4.74 Å². The molecule has 0 aliphatic carbocycles. The van der Waals surface area contributed by atoms with Crippen LogP contribution in [0.25, 0.3) is 0 Å². The summed E-state index contributed by atoms with van der Waals surface area (Å²) in [5.41, 5.74) is 2.05. The summed E-state index contributed by atoms with van der Waals surface area (Å²) >= 11 is 3.31. The van der Waals surface area contributed by atoms with Gasteiger partial charge in [0.25, 0.3) is 0 Å². The first kappa shape index (κ1) is 13.1. The van der Waals surface area contributed by atoms with Gasteiger partial charge >= 0.3 is 0 Å². The van der Waals surface area contributed by atoms with Gasteiger partial charge in [0, 0.05) is 4.47 Å². The molecular weight excluding hydrogens is 304 g/mol. The fraction of sp³-hybridized carbons (Fsp3) is 0.0667. The van der Waals surface area contributed by atoms with E-state index in [4.69, 9.17) is 15.3 Å². The SMILES string of the molecule is N#Cc1ccc(COc2ccc(Br)cc2C#N)cc1. The maximum absolute atomic E-state index is 9.02. The lowest BCUT2D eigenvalue weighted by Crippen LogP contribution is -1.97. The minimum atomic E-state index is 0.363. The summed E-state index contributed by atoms with van der Waals surface area (Å²) < 4.78 is 6.46. The van der Waals surface area contributed by atoms with Crippen LogP contribution in [0.2, 0.25) is 0 Å². The molecule has 2 aromatic carbocycles. The second-order valence-corrected chi connectivity index (χ2v) is 4.77. The number of hydrogen-bond acceptors (Lipinski definition) is 3. The Morgan fingerprint density at radius 3 is 2.37 bits per heavy atom. The van der Waals surface area contributed by atoms with Crippen molar-refractivity contribution in [3.8, 4) is 17.9 Å². The van der Waals surface area contributed by atoms with Gasteiger partial charge in [0.05, 0.1) is 17.2 Å². The van der Waals surface area contributed by atoms with Gasteiger partial charge in [-0.2, -0.15) is 10.5 Å². The molecule has 0 aliphatic rings. The smallest absolute Gasteiger partial charge is 0.137 e. The van der Waals surface area contributed by atoms with Crippen molar-refractivity contribution < 1.29 is 4.74 Å². The summed E-state index contributed by atoms with van der Waals surface area (Å²) in [5, 5.41) is 17.7. The number of ether oxygens (including phenoxy) is 1. The monoisotopic (exact) mass is 312 g/mol. The van der Waals surface area contributed by atoms with Crippen LogP contribution in [0.4, 0.5) is 0 Å². The van der Waals surface area contributed by atoms with Crippen LogP contribution in [0.5, 0.6) is 5.75 Å².